The molecule has 0 amide bonds. The fraction of sp³-hybridized carbons (Fsp3) is 0.143. The van der Waals surface area contributed by atoms with Crippen molar-refractivity contribution in [1.82, 2.24) is 0 Å². The van der Waals surface area contributed by atoms with Crippen LogP contribution >= 0.6 is 0 Å². The summed E-state index contributed by atoms with van der Waals surface area (Å²) in [6.45, 7) is 1.94. The van der Waals surface area contributed by atoms with Crippen LogP contribution in [0.4, 0.5) is 15.8 Å². The SMILES string of the molecule is CC(Nc1ccc(F)c([N+](=O)[O-])c1)c1ccccc1. The van der Waals surface area contributed by atoms with Gasteiger partial charge in [-0.05, 0) is 24.6 Å². The Morgan fingerprint density at radius 2 is 1.89 bits per heavy atom. The molecule has 0 aromatic heterocycles. The van der Waals surface area contributed by atoms with Gasteiger partial charge in [-0.2, -0.15) is 4.39 Å². The lowest BCUT2D eigenvalue weighted by Gasteiger charge is -2.15. The molecule has 1 N–H and O–H groups in total. The van der Waals surface area contributed by atoms with E-state index in [0.717, 1.165) is 11.6 Å². The summed E-state index contributed by atoms with van der Waals surface area (Å²) in [4.78, 5) is 9.94. The first-order valence-corrected chi connectivity index (χ1v) is 5.83. The Bertz CT molecular complexity index is 587. The van der Waals surface area contributed by atoms with Gasteiger partial charge in [0.15, 0.2) is 0 Å². The second-order valence-electron chi connectivity index (χ2n) is 4.20. The van der Waals surface area contributed by atoms with Gasteiger partial charge in [-0.15, -0.1) is 0 Å². The van der Waals surface area contributed by atoms with Crippen molar-refractivity contribution in [2.45, 2.75) is 13.0 Å². The zero-order valence-corrected chi connectivity index (χ0v) is 10.3. The van der Waals surface area contributed by atoms with E-state index in [-0.39, 0.29) is 6.04 Å². The first-order valence-electron chi connectivity index (χ1n) is 5.83. The van der Waals surface area contributed by atoms with E-state index in [1.54, 1.807) is 0 Å². The number of rotatable bonds is 4. The number of hydrogen-bond acceptors (Lipinski definition) is 3. The highest BCUT2D eigenvalue weighted by atomic mass is 19.1. The van der Waals surface area contributed by atoms with Crippen LogP contribution in [-0.2, 0) is 0 Å². The topological polar surface area (TPSA) is 55.2 Å². The zero-order valence-electron chi connectivity index (χ0n) is 10.3. The van der Waals surface area contributed by atoms with Gasteiger partial charge in [0.05, 0.1) is 4.92 Å². The van der Waals surface area contributed by atoms with Crippen LogP contribution < -0.4 is 5.32 Å². The smallest absolute Gasteiger partial charge is 0.306 e. The Morgan fingerprint density at radius 3 is 2.53 bits per heavy atom. The fourth-order valence-electron chi connectivity index (χ4n) is 1.82. The van der Waals surface area contributed by atoms with E-state index in [1.165, 1.54) is 12.1 Å². The molecule has 2 aromatic rings. The second-order valence-corrected chi connectivity index (χ2v) is 4.20. The minimum absolute atomic E-state index is 0.0220. The van der Waals surface area contributed by atoms with Crippen LogP contribution in [0.5, 0.6) is 0 Å². The van der Waals surface area contributed by atoms with E-state index in [1.807, 2.05) is 37.3 Å². The highest BCUT2D eigenvalue weighted by Crippen LogP contribution is 2.25. The Balaban J connectivity index is 2.20. The van der Waals surface area contributed by atoms with Crippen molar-refractivity contribution in [2.75, 3.05) is 5.32 Å². The molecule has 19 heavy (non-hydrogen) atoms. The van der Waals surface area contributed by atoms with Gasteiger partial charge in [0, 0.05) is 17.8 Å². The summed E-state index contributed by atoms with van der Waals surface area (Å²) in [5, 5.41) is 13.8. The molecule has 0 aliphatic heterocycles. The summed E-state index contributed by atoms with van der Waals surface area (Å²) >= 11 is 0. The molecule has 5 heteroatoms. The van der Waals surface area contributed by atoms with Crippen molar-refractivity contribution in [3.8, 4) is 0 Å². The maximum Gasteiger partial charge on any atom is 0.306 e. The number of nitro groups is 1. The monoisotopic (exact) mass is 260 g/mol. The number of nitro benzene ring substituents is 1. The summed E-state index contributed by atoms with van der Waals surface area (Å²) in [5.41, 5.74) is 1.05. The van der Waals surface area contributed by atoms with Gasteiger partial charge in [0.2, 0.25) is 5.82 Å². The number of benzene rings is 2. The first-order chi connectivity index (χ1) is 9.08. The summed E-state index contributed by atoms with van der Waals surface area (Å²) in [7, 11) is 0. The molecule has 0 radical (unpaired) electrons. The Hall–Kier alpha value is -2.43. The molecule has 1 atom stereocenters. The number of anilines is 1. The largest absolute Gasteiger partial charge is 0.378 e. The molecule has 1 unspecified atom stereocenters. The van der Waals surface area contributed by atoms with Crippen molar-refractivity contribution < 1.29 is 9.31 Å². The highest BCUT2D eigenvalue weighted by Gasteiger charge is 2.15. The van der Waals surface area contributed by atoms with E-state index in [0.29, 0.717) is 5.69 Å². The van der Waals surface area contributed by atoms with Crippen molar-refractivity contribution >= 4 is 11.4 Å². The average Bonchev–Trinajstić information content (AvgIpc) is 2.41. The minimum atomic E-state index is -0.831. The normalized spacial score (nSPS) is 11.9. The lowest BCUT2D eigenvalue weighted by Crippen LogP contribution is -2.07. The molecule has 4 nitrogen and oxygen atoms in total. The van der Waals surface area contributed by atoms with Gasteiger partial charge in [-0.25, -0.2) is 0 Å². The van der Waals surface area contributed by atoms with E-state index >= 15 is 0 Å². The molecule has 0 saturated carbocycles. The first kappa shape index (κ1) is 13.0. The molecule has 2 rings (SSSR count). The van der Waals surface area contributed by atoms with Gasteiger partial charge < -0.3 is 5.32 Å². The summed E-state index contributed by atoms with van der Waals surface area (Å²) in [6, 6.07) is 13.4. The Morgan fingerprint density at radius 1 is 1.21 bits per heavy atom. The summed E-state index contributed by atoms with van der Waals surface area (Å²) in [6.07, 6.45) is 0. The van der Waals surface area contributed by atoms with Crippen molar-refractivity contribution in [2.24, 2.45) is 0 Å². The molecular weight excluding hydrogens is 247 g/mol. The molecule has 0 bridgehead atoms. The van der Waals surface area contributed by atoms with Gasteiger partial charge in [-0.1, -0.05) is 30.3 Å². The maximum absolute atomic E-state index is 13.2. The average molecular weight is 260 g/mol. The van der Waals surface area contributed by atoms with Gasteiger partial charge in [-0.3, -0.25) is 10.1 Å². The lowest BCUT2D eigenvalue weighted by molar-refractivity contribution is -0.387. The summed E-state index contributed by atoms with van der Waals surface area (Å²) < 4.78 is 13.2. The zero-order chi connectivity index (χ0) is 13.8. The molecular formula is C14H13FN2O2. The fourth-order valence-corrected chi connectivity index (χ4v) is 1.82. The third kappa shape index (κ3) is 3.07. The highest BCUT2D eigenvalue weighted by molar-refractivity contribution is 5.53. The van der Waals surface area contributed by atoms with Crippen molar-refractivity contribution in [3.05, 3.63) is 70.0 Å². The predicted octanol–water partition coefficient (Wildman–Crippen LogP) is 3.91. The number of nitrogens with zero attached hydrogens (tertiary/aromatic N) is 1. The minimum Gasteiger partial charge on any atom is -0.378 e. The van der Waals surface area contributed by atoms with Crippen molar-refractivity contribution in [3.63, 3.8) is 0 Å². The van der Waals surface area contributed by atoms with Crippen LogP contribution in [0.3, 0.4) is 0 Å². The van der Waals surface area contributed by atoms with E-state index in [9.17, 15) is 14.5 Å². The van der Waals surface area contributed by atoms with E-state index < -0.39 is 16.4 Å². The molecule has 0 heterocycles. The molecule has 0 aliphatic rings. The van der Waals surface area contributed by atoms with Crippen LogP contribution in [0, 0.1) is 15.9 Å². The van der Waals surface area contributed by atoms with E-state index in [2.05, 4.69) is 5.32 Å². The standard InChI is InChI=1S/C14H13FN2O2/c1-10(11-5-3-2-4-6-11)16-12-7-8-13(15)14(9-12)17(18)19/h2-10,16H,1H3. The van der Waals surface area contributed by atoms with Gasteiger partial charge in [0.1, 0.15) is 0 Å². The van der Waals surface area contributed by atoms with Gasteiger partial charge in [0.25, 0.3) is 0 Å². The Labute approximate surface area is 110 Å². The third-order valence-electron chi connectivity index (χ3n) is 2.83. The molecule has 0 saturated heterocycles. The predicted molar refractivity (Wildman–Crippen MR) is 71.5 cm³/mol. The second kappa shape index (κ2) is 5.48. The van der Waals surface area contributed by atoms with Crippen LogP contribution in [0.1, 0.15) is 18.5 Å². The number of hydrogen-bond donors (Lipinski definition) is 1. The molecule has 98 valence electrons. The van der Waals surface area contributed by atoms with Crippen LogP contribution in [-0.4, -0.2) is 4.92 Å². The third-order valence-corrected chi connectivity index (χ3v) is 2.83. The van der Waals surface area contributed by atoms with Crippen LogP contribution in [0.15, 0.2) is 48.5 Å². The quantitative estimate of drug-likeness (QED) is 0.669. The lowest BCUT2D eigenvalue weighted by atomic mass is 10.1. The number of nitrogens with one attached hydrogen (secondary N) is 1. The Kier molecular flexibility index (Phi) is 3.75. The van der Waals surface area contributed by atoms with Crippen molar-refractivity contribution in [1.29, 1.82) is 0 Å². The van der Waals surface area contributed by atoms with E-state index in [4.69, 9.17) is 0 Å². The summed E-state index contributed by atoms with van der Waals surface area (Å²) in [5.74, 6) is -0.831. The van der Waals surface area contributed by atoms with Gasteiger partial charge >= 0.3 is 5.69 Å². The molecule has 0 aliphatic carbocycles. The van der Waals surface area contributed by atoms with Crippen LogP contribution in [0.25, 0.3) is 0 Å². The number of halogens is 1. The molecule has 2 aromatic carbocycles. The van der Waals surface area contributed by atoms with Crippen LogP contribution in [0.2, 0.25) is 0 Å². The maximum atomic E-state index is 13.2. The molecule has 0 fully saturated rings. The molecule has 0 spiro atoms.